The SMILES string of the molecule is C[C@@H](O)[C@H]1C(=O)N2C(C(=O)OCc3ccc([N+](=O)[O-])cc3)=C(c3cn4cnc(F)c4s3)[C@H](C)[C@H]12. The van der Waals surface area contributed by atoms with Crippen LogP contribution in [-0.2, 0) is 20.9 Å². The standard InChI is InChI=1S/C22H19FN4O6S/c1-10-15(14-7-25-9-24-19(23)21(25)34-14)18(26-17(10)16(11(2)28)20(26)29)22(30)33-8-12-3-5-13(6-4-12)27(31)32/h3-7,9-11,16-17,28H,8H2,1-2H3/t10-,11+,16+,17+/m0/s1. The number of hydrogen-bond donors (Lipinski definition) is 1. The Morgan fingerprint density at radius 2 is 2.09 bits per heavy atom. The molecule has 4 atom stereocenters. The Labute approximate surface area is 196 Å². The fraction of sp³-hybridized carbons (Fsp3) is 0.318. The summed E-state index contributed by atoms with van der Waals surface area (Å²) in [6, 6.07) is 5.17. The summed E-state index contributed by atoms with van der Waals surface area (Å²) in [7, 11) is 0. The monoisotopic (exact) mass is 486 g/mol. The molecule has 0 aliphatic carbocycles. The molecule has 34 heavy (non-hydrogen) atoms. The van der Waals surface area contributed by atoms with Crippen LogP contribution in [0.2, 0.25) is 0 Å². The number of imidazole rings is 1. The van der Waals surface area contributed by atoms with E-state index < -0.39 is 34.9 Å². The molecule has 1 N–H and O–H groups in total. The zero-order valence-electron chi connectivity index (χ0n) is 18.0. The summed E-state index contributed by atoms with van der Waals surface area (Å²) in [5, 5.41) is 21.0. The first-order valence-corrected chi connectivity index (χ1v) is 11.3. The number of nitro groups is 1. The van der Waals surface area contributed by atoms with Crippen LogP contribution in [0.15, 0.2) is 42.5 Å². The van der Waals surface area contributed by atoms with Crippen molar-refractivity contribution < 1.29 is 28.7 Å². The first-order chi connectivity index (χ1) is 16.2. The van der Waals surface area contributed by atoms with E-state index in [2.05, 4.69) is 4.98 Å². The number of rotatable bonds is 6. The lowest BCUT2D eigenvalue weighted by Crippen LogP contribution is -2.63. The van der Waals surface area contributed by atoms with E-state index in [1.165, 1.54) is 46.8 Å². The van der Waals surface area contributed by atoms with Gasteiger partial charge in [0.15, 0.2) is 4.83 Å². The lowest BCUT2D eigenvalue weighted by molar-refractivity contribution is -0.384. The van der Waals surface area contributed by atoms with Crippen molar-refractivity contribution in [2.75, 3.05) is 0 Å². The van der Waals surface area contributed by atoms with Gasteiger partial charge in [0, 0.05) is 29.8 Å². The highest BCUT2D eigenvalue weighted by Gasteiger charge is 2.60. The third-order valence-corrected chi connectivity index (χ3v) is 7.44. The van der Waals surface area contributed by atoms with E-state index in [1.54, 1.807) is 6.20 Å². The number of nitro benzene ring substituents is 1. The van der Waals surface area contributed by atoms with Gasteiger partial charge in [-0.15, -0.1) is 11.3 Å². The highest BCUT2D eigenvalue weighted by Crippen LogP contribution is 2.51. The number of thiazole rings is 1. The number of amides is 1. The van der Waals surface area contributed by atoms with Crippen molar-refractivity contribution in [2.45, 2.75) is 32.6 Å². The Kier molecular flexibility index (Phi) is 5.21. The molecule has 2 aliphatic heterocycles. The van der Waals surface area contributed by atoms with Crippen LogP contribution in [0.3, 0.4) is 0 Å². The lowest BCUT2D eigenvalue weighted by atomic mass is 9.77. The molecule has 0 saturated carbocycles. The van der Waals surface area contributed by atoms with Crippen LogP contribution in [0, 0.1) is 27.9 Å². The number of esters is 1. The van der Waals surface area contributed by atoms with E-state index in [1.807, 2.05) is 6.92 Å². The largest absolute Gasteiger partial charge is 0.456 e. The Bertz CT molecular complexity index is 1360. The minimum absolute atomic E-state index is 0.0687. The smallest absolute Gasteiger partial charge is 0.355 e. The Hall–Kier alpha value is -3.64. The van der Waals surface area contributed by atoms with E-state index in [9.17, 15) is 29.2 Å². The minimum Gasteiger partial charge on any atom is -0.456 e. The van der Waals surface area contributed by atoms with E-state index in [-0.39, 0.29) is 34.6 Å². The molecule has 176 valence electrons. The summed E-state index contributed by atoms with van der Waals surface area (Å²) in [5.41, 5.74) is 1.07. The van der Waals surface area contributed by atoms with Gasteiger partial charge in [0.1, 0.15) is 18.6 Å². The van der Waals surface area contributed by atoms with Crippen molar-refractivity contribution in [1.82, 2.24) is 14.3 Å². The summed E-state index contributed by atoms with van der Waals surface area (Å²) in [4.78, 5) is 42.2. The molecule has 0 radical (unpaired) electrons. The van der Waals surface area contributed by atoms with Crippen molar-refractivity contribution in [1.29, 1.82) is 0 Å². The summed E-state index contributed by atoms with van der Waals surface area (Å²) in [5.74, 6) is -2.71. The maximum Gasteiger partial charge on any atom is 0.355 e. The van der Waals surface area contributed by atoms with E-state index in [4.69, 9.17) is 4.74 Å². The van der Waals surface area contributed by atoms with Crippen LogP contribution in [0.5, 0.6) is 0 Å². The van der Waals surface area contributed by atoms with Crippen LogP contribution in [-0.4, -0.2) is 48.3 Å². The second kappa shape index (κ2) is 7.99. The molecule has 5 rings (SSSR count). The molecular weight excluding hydrogens is 467 g/mol. The van der Waals surface area contributed by atoms with Gasteiger partial charge in [-0.25, -0.2) is 9.78 Å². The number of aromatic nitrogens is 2. The Morgan fingerprint density at radius 3 is 2.71 bits per heavy atom. The topological polar surface area (TPSA) is 127 Å². The molecule has 2 aromatic heterocycles. The van der Waals surface area contributed by atoms with Crippen LogP contribution < -0.4 is 0 Å². The van der Waals surface area contributed by atoms with Crippen molar-refractivity contribution in [3.63, 3.8) is 0 Å². The number of carbonyl (C=O) groups is 2. The van der Waals surface area contributed by atoms with Gasteiger partial charge >= 0.3 is 5.97 Å². The van der Waals surface area contributed by atoms with Gasteiger partial charge in [0.2, 0.25) is 11.9 Å². The molecular formula is C22H19FN4O6S. The number of carbonyl (C=O) groups excluding carboxylic acids is 2. The number of halogens is 1. The molecule has 1 amide bonds. The maximum atomic E-state index is 14.0. The van der Waals surface area contributed by atoms with Crippen molar-refractivity contribution >= 4 is 39.3 Å². The number of β-lactam (4-membered cyclic amide) rings is 1. The van der Waals surface area contributed by atoms with Gasteiger partial charge in [0.05, 0.1) is 27.9 Å². The number of aliphatic hydroxyl groups excluding tert-OH is 1. The number of hydrogen-bond acceptors (Lipinski definition) is 8. The van der Waals surface area contributed by atoms with Gasteiger partial charge < -0.3 is 14.7 Å². The number of fused-ring (bicyclic) bond motifs is 2. The quantitative estimate of drug-likeness (QED) is 0.246. The summed E-state index contributed by atoms with van der Waals surface area (Å²) < 4.78 is 21.0. The average molecular weight is 486 g/mol. The zero-order chi connectivity index (χ0) is 24.3. The van der Waals surface area contributed by atoms with Gasteiger partial charge in [-0.2, -0.15) is 4.39 Å². The number of ether oxygens (including phenoxy) is 1. The molecule has 0 bridgehead atoms. The molecule has 0 unspecified atom stereocenters. The van der Waals surface area contributed by atoms with Crippen LogP contribution >= 0.6 is 11.3 Å². The van der Waals surface area contributed by atoms with Gasteiger partial charge in [-0.3, -0.25) is 19.3 Å². The Morgan fingerprint density at radius 1 is 1.38 bits per heavy atom. The molecule has 4 heterocycles. The highest BCUT2D eigenvalue weighted by atomic mass is 32.1. The molecule has 1 fully saturated rings. The predicted octanol–water partition coefficient (Wildman–Crippen LogP) is 2.76. The first kappa shape index (κ1) is 22.2. The summed E-state index contributed by atoms with van der Waals surface area (Å²) in [6.45, 7) is 3.24. The van der Waals surface area contributed by atoms with E-state index in [0.717, 1.165) is 11.3 Å². The fourth-order valence-electron chi connectivity index (χ4n) is 4.71. The number of nitrogens with zero attached hydrogens (tertiary/aromatic N) is 4. The average Bonchev–Trinajstić information content (AvgIpc) is 3.43. The van der Waals surface area contributed by atoms with Crippen molar-refractivity contribution in [2.24, 2.45) is 11.8 Å². The van der Waals surface area contributed by atoms with Crippen LogP contribution in [0.4, 0.5) is 10.1 Å². The van der Waals surface area contributed by atoms with Crippen molar-refractivity contribution in [3.05, 3.63) is 69.0 Å². The third-order valence-electron chi connectivity index (χ3n) is 6.32. The maximum absolute atomic E-state index is 14.0. The summed E-state index contributed by atoms with van der Waals surface area (Å²) in [6.07, 6.45) is 2.09. The molecule has 10 nitrogen and oxygen atoms in total. The lowest BCUT2D eigenvalue weighted by Gasteiger charge is -2.46. The van der Waals surface area contributed by atoms with E-state index in [0.29, 0.717) is 16.0 Å². The molecule has 1 saturated heterocycles. The fourth-order valence-corrected chi connectivity index (χ4v) is 5.82. The van der Waals surface area contributed by atoms with E-state index >= 15 is 0 Å². The predicted molar refractivity (Wildman–Crippen MR) is 118 cm³/mol. The normalized spacial score (nSPS) is 22.6. The zero-order valence-corrected chi connectivity index (χ0v) is 18.9. The van der Waals surface area contributed by atoms with Gasteiger partial charge in [-0.05, 0) is 24.6 Å². The highest BCUT2D eigenvalue weighted by molar-refractivity contribution is 7.18. The van der Waals surface area contributed by atoms with Crippen LogP contribution in [0.25, 0.3) is 10.4 Å². The minimum atomic E-state index is -0.895. The second-order valence-electron chi connectivity index (χ2n) is 8.36. The Balaban J connectivity index is 1.49. The van der Waals surface area contributed by atoms with Crippen molar-refractivity contribution in [3.8, 4) is 0 Å². The third kappa shape index (κ3) is 3.29. The van der Waals surface area contributed by atoms with Gasteiger partial charge in [-0.1, -0.05) is 6.92 Å². The van der Waals surface area contributed by atoms with Crippen LogP contribution in [0.1, 0.15) is 24.3 Å². The molecule has 2 aliphatic rings. The summed E-state index contributed by atoms with van der Waals surface area (Å²) >= 11 is 1.11. The second-order valence-corrected chi connectivity index (χ2v) is 9.39. The molecule has 3 aromatic rings. The van der Waals surface area contributed by atoms with Gasteiger partial charge in [0.25, 0.3) is 5.69 Å². The first-order valence-electron chi connectivity index (χ1n) is 10.5. The molecule has 0 spiro atoms. The number of benzene rings is 1. The molecule has 12 heteroatoms. The number of non-ortho nitro benzene ring substituents is 1. The number of aliphatic hydroxyl groups is 1. The molecule has 1 aromatic carbocycles.